The molecular formula is C20H13NO3. The number of carbonyl (C=O) groups is 2. The molecule has 0 aromatic heterocycles. The molecule has 0 bridgehead atoms. The summed E-state index contributed by atoms with van der Waals surface area (Å²) >= 11 is 0. The molecular weight excluding hydrogens is 302 g/mol. The molecule has 0 fully saturated rings. The topological polar surface area (TPSA) is 57.6 Å². The van der Waals surface area contributed by atoms with Gasteiger partial charge in [-0.2, -0.15) is 0 Å². The molecule has 4 rings (SSSR count). The number of nitrogens with zero attached hydrogens (tertiary/aromatic N) is 1. The Morgan fingerprint density at radius 1 is 0.708 bits per heavy atom. The number of carbonyl (C=O) groups excluding carboxylic acids is 2. The molecule has 1 heterocycles. The van der Waals surface area contributed by atoms with Crippen LogP contribution in [0.15, 0.2) is 78.6 Å². The van der Waals surface area contributed by atoms with Gasteiger partial charge < -0.3 is 5.11 Å². The molecule has 0 unspecified atom stereocenters. The fourth-order valence-electron chi connectivity index (χ4n) is 3.01. The monoisotopic (exact) mass is 315 g/mol. The SMILES string of the molecule is O=C1C(O)=C(c2ccccc2)C(=O)N1c1cccc2ccccc12. The quantitative estimate of drug-likeness (QED) is 0.734. The number of anilines is 1. The lowest BCUT2D eigenvalue weighted by atomic mass is 10.1. The van der Waals surface area contributed by atoms with E-state index in [0.717, 1.165) is 15.7 Å². The smallest absolute Gasteiger partial charge is 0.301 e. The Balaban J connectivity index is 1.87. The summed E-state index contributed by atoms with van der Waals surface area (Å²) < 4.78 is 0. The van der Waals surface area contributed by atoms with Crippen LogP contribution >= 0.6 is 0 Å². The van der Waals surface area contributed by atoms with Gasteiger partial charge in [0, 0.05) is 5.39 Å². The van der Waals surface area contributed by atoms with Gasteiger partial charge in [-0.05, 0) is 17.0 Å². The lowest BCUT2D eigenvalue weighted by Crippen LogP contribution is -2.31. The predicted molar refractivity (Wildman–Crippen MR) is 92.4 cm³/mol. The average Bonchev–Trinajstić information content (AvgIpc) is 2.84. The Hall–Kier alpha value is -3.40. The molecule has 3 aromatic carbocycles. The molecule has 4 nitrogen and oxygen atoms in total. The van der Waals surface area contributed by atoms with Gasteiger partial charge in [-0.15, -0.1) is 0 Å². The van der Waals surface area contributed by atoms with Crippen molar-refractivity contribution in [2.24, 2.45) is 0 Å². The zero-order valence-corrected chi connectivity index (χ0v) is 12.6. The first kappa shape index (κ1) is 14.2. The minimum Gasteiger partial charge on any atom is -0.502 e. The second kappa shape index (κ2) is 5.35. The summed E-state index contributed by atoms with van der Waals surface area (Å²) in [5.41, 5.74) is 1.03. The van der Waals surface area contributed by atoms with Crippen LogP contribution in [-0.4, -0.2) is 16.9 Å². The molecule has 0 aliphatic carbocycles. The number of aliphatic hydroxyl groups is 1. The predicted octanol–water partition coefficient (Wildman–Crippen LogP) is 3.68. The first-order valence-electron chi connectivity index (χ1n) is 7.53. The van der Waals surface area contributed by atoms with E-state index in [1.807, 2.05) is 36.4 Å². The number of imide groups is 1. The highest BCUT2D eigenvalue weighted by molar-refractivity contribution is 6.45. The zero-order valence-electron chi connectivity index (χ0n) is 12.6. The van der Waals surface area contributed by atoms with Gasteiger partial charge in [0.15, 0.2) is 5.76 Å². The maximum atomic E-state index is 12.9. The van der Waals surface area contributed by atoms with Crippen LogP contribution in [0.3, 0.4) is 0 Å². The lowest BCUT2D eigenvalue weighted by molar-refractivity contribution is -0.121. The number of fused-ring (bicyclic) bond motifs is 1. The fraction of sp³-hybridized carbons (Fsp3) is 0. The molecule has 24 heavy (non-hydrogen) atoms. The lowest BCUT2D eigenvalue weighted by Gasteiger charge is -2.17. The first-order valence-corrected chi connectivity index (χ1v) is 7.53. The molecule has 0 saturated heterocycles. The highest BCUT2D eigenvalue weighted by Gasteiger charge is 2.40. The minimum atomic E-state index is -0.699. The summed E-state index contributed by atoms with van der Waals surface area (Å²) in [5.74, 6) is -1.73. The van der Waals surface area contributed by atoms with E-state index in [0.29, 0.717) is 11.3 Å². The molecule has 1 aliphatic heterocycles. The van der Waals surface area contributed by atoms with E-state index in [1.54, 1.807) is 36.4 Å². The third-order valence-corrected chi connectivity index (χ3v) is 4.13. The van der Waals surface area contributed by atoms with Crippen molar-refractivity contribution in [3.63, 3.8) is 0 Å². The van der Waals surface area contributed by atoms with Crippen molar-refractivity contribution in [2.75, 3.05) is 4.90 Å². The van der Waals surface area contributed by atoms with Crippen LogP contribution < -0.4 is 4.90 Å². The van der Waals surface area contributed by atoms with Gasteiger partial charge >= 0.3 is 5.91 Å². The number of hydrogen-bond donors (Lipinski definition) is 1. The fourth-order valence-corrected chi connectivity index (χ4v) is 3.01. The molecule has 0 atom stereocenters. The van der Waals surface area contributed by atoms with Crippen LogP contribution in [0, 0.1) is 0 Å². The standard InChI is InChI=1S/C20H13NO3/c22-18-17(14-8-2-1-3-9-14)19(23)21(20(18)24)16-12-6-10-13-7-4-5-11-15(13)16/h1-12,22H. The number of benzene rings is 3. The summed E-state index contributed by atoms with van der Waals surface area (Å²) in [6, 6.07) is 21.6. The Labute approximate surface area is 138 Å². The molecule has 2 amide bonds. The Morgan fingerprint density at radius 2 is 1.38 bits per heavy atom. The van der Waals surface area contributed by atoms with E-state index in [-0.39, 0.29) is 5.57 Å². The second-order valence-corrected chi connectivity index (χ2v) is 5.53. The van der Waals surface area contributed by atoms with Gasteiger partial charge in [0.25, 0.3) is 5.91 Å². The average molecular weight is 315 g/mol. The number of rotatable bonds is 2. The van der Waals surface area contributed by atoms with Crippen molar-refractivity contribution in [1.82, 2.24) is 0 Å². The van der Waals surface area contributed by atoms with Crippen molar-refractivity contribution < 1.29 is 14.7 Å². The normalized spacial score (nSPS) is 14.8. The minimum absolute atomic E-state index is 0.0357. The highest BCUT2D eigenvalue weighted by Crippen LogP contribution is 2.35. The van der Waals surface area contributed by atoms with Crippen LogP contribution in [0.5, 0.6) is 0 Å². The van der Waals surface area contributed by atoms with Gasteiger partial charge in [-0.1, -0.05) is 66.7 Å². The first-order chi connectivity index (χ1) is 11.7. The van der Waals surface area contributed by atoms with Crippen LogP contribution in [0.2, 0.25) is 0 Å². The maximum absolute atomic E-state index is 12.9. The number of amides is 2. The Bertz CT molecular complexity index is 1000. The van der Waals surface area contributed by atoms with Gasteiger partial charge in [-0.3, -0.25) is 9.59 Å². The van der Waals surface area contributed by atoms with E-state index in [9.17, 15) is 14.7 Å². The number of hydrogen-bond acceptors (Lipinski definition) is 3. The maximum Gasteiger partial charge on any atom is 0.301 e. The molecule has 1 aliphatic rings. The van der Waals surface area contributed by atoms with Gasteiger partial charge in [-0.25, -0.2) is 4.90 Å². The molecule has 0 spiro atoms. The van der Waals surface area contributed by atoms with E-state index >= 15 is 0 Å². The van der Waals surface area contributed by atoms with Crippen molar-refractivity contribution >= 4 is 33.8 Å². The zero-order chi connectivity index (χ0) is 16.7. The summed E-state index contributed by atoms with van der Waals surface area (Å²) in [6.07, 6.45) is 0. The van der Waals surface area contributed by atoms with Gasteiger partial charge in [0.05, 0.1) is 11.3 Å². The second-order valence-electron chi connectivity index (χ2n) is 5.53. The van der Waals surface area contributed by atoms with Crippen LogP contribution in [0.1, 0.15) is 5.56 Å². The molecule has 0 saturated carbocycles. The highest BCUT2D eigenvalue weighted by atomic mass is 16.3. The number of aliphatic hydroxyl groups excluding tert-OH is 1. The van der Waals surface area contributed by atoms with E-state index in [2.05, 4.69) is 0 Å². The largest absolute Gasteiger partial charge is 0.502 e. The van der Waals surface area contributed by atoms with Gasteiger partial charge in [0.1, 0.15) is 0 Å². The van der Waals surface area contributed by atoms with Crippen LogP contribution in [0.4, 0.5) is 5.69 Å². The van der Waals surface area contributed by atoms with Crippen LogP contribution in [-0.2, 0) is 9.59 Å². The van der Waals surface area contributed by atoms with E-state index in [1.165, 1.54) is 0 Å². The summed E-state index contributed by atoms with van der Waals surface area (Å²) in [4.78, 5) is 26.4. The summed E-state index contributed by atoms with van der Waals surface area (Å²) in [6.45, 7) is 0. The Morgan fingerprint density at radius 3 is 2.17 bits per heavy atom. The molecule has 1 N–H and O–H groups in total. The summed E-state index contributed by atoms with van der Waals surface area (Å²) in [5, 5.41) is 12.0. The molecule has 116 valence electrons. The third-order valence-electron chi connectivity index (χ3n) is 4.13. The molecule has 0 radical (unpaired) electrons. The van der Waals surface area contributed by atoms with Crippen molar-refractivity contribution in [2.45, 2.75) is 0 Å². The van der Waals surface area contributed by atoms with Crippen molar-refractivity contribution in [3.05, 3.63) is 84.1 Å². The van der Waals surface area contributed by atoms with E-state index in [4.69, 9.17) is 0 Å². The third kappa shape index (κ3) is 2.01. The van der Waals surface area contributed by atoms with Gasteiger partial charge in [0.2, 0.25) is 0 Å². The summed E-state index contributed by atoms with van der Waals surface area (Å²) in [7, 11) is 0. The van der Waals surface area contributed by atoms with Crippen LogP contribution in [0.25, 0.3) is 16.3 Å². The van der Waals surface area contributed by atoms with Crippen molar-refractivity contribution in [3.8, 4) is 0 Å². The molecule has 4 heteroatoms. The molecule has 3 aromatic rings. The van der Waals surface area contributed by atoms with Crippen molar-refractivity contribution in [1.29, 1.82) is 0 Å². The van der Waals surface area contributed by atoms with E-state index < -0.39 is 17.6 Å². The Kier molecular flexibility index (Phi) is 3.17.